The molecule has 0 saturated heterocycles. The highest BCUT2D eigenvalue weighted by Crippen LogP contribution is 2.18. The van der Waals surface area contributed by atoms with E-state index in [2.05, 4.69) is 39.8 Å². The summed E-state index contributed by atoms with van der Waals surface area (Å²) in [6.45, 7) is 5.20. The second-order valence-corrected chi connectivity index (χ2v) is 6.25. The van der Waals surface area contributed by atoms with Gasteiger partial charge >= 0.3 is 0 Å². The van der Waals surface area contributed by atoms with E-state index in [1.165, 1.54) is 5.56 Å². The van der Waals surface area contributed by atoms with Gasteiger partial charge in [0, 0.05) is 23.4 Å². The highest BCUT2D eigenvalue weighted by Gasteiger charge is 2.09. The number of carbonyl (C=O) groups excluding carboxylic acids is 1. The van der Waals surface area contributed by atoms with Gasteiger partial charge in [-0.1, -0.05) is 49.3 Å². The van der Waals surface area contributed by atoms with Gasteiger partial charge in [-0.05, 0) is 36.6 Å². The molecule has 2 aromatic carbocycles. The van der Waals surface area contributed by atoms with E-state index in [0.29, 0.717) is 30.4 Å². The minimum atomic E-state index is -0.0731. The summed E-state index contributed by atoms with van der Waals surface area (Å²) >= 11 is 0. The van der Waals surface area contributed by atoms with Crippen molar-refractivity contribution in [1.29, 1.82) is 0 Å². The van der Waals surface area contributed by atoms with Crippen molar-refractivity contribution in [2.24, 2.45) is 0 Å². The van der Waals surface area contributed by atoms with Crippen LogP contribution in [0, 0.1) is 0 Å². The molecule has 0 radical (unpaired) electrons. The van der Waals surface area contributed by atoms with Gasteiger partial charge in [-0.25, -0.2) is 0 Å². The molecule has 2 N–H and O–H groups in total. The van der Waals surface area contributed by atoms with Gasteiger partial charge in [-0.3, -0.25) is 4.79 Å². The Bertz CT molecular complexity index is 887. The Morgan fingerprint density at radius 2 is 1.93 bits per heavy atom. The predicted octanol–water partition coefficient (Wildman–Crippen LogP) is 4.05. The largest absolute Gasteiger partial charge is 0.376 e. The minimum absolute atomic E-state index is 0.0731. The number of anilines is 1. The number of aryl methyl sites for hydroxylation is 1. The third-order valence-electron chi connectivity index (χ3n) is 4.19. The molecule has 0 spiro atoms. The van der Waals surface area contributed by atoms with Crippen molar-refractivity contribution in [3.05, 3.63) is 65.5 Å². The zero-order valence-corrected chi connectivity index (χ0v) is 15.7. The van der Waals surface area contributed by atoms with Gasteiger partial charge in [0.05, 0.1) is 6.54 Å². The van der Waals surface area contributed by atoms with Crippen LogP contribution in [0.3, 0.4) is 0 Å². The molecule has 0 aliphatic heterocycles. The van der Waals surface area contributed by atoms with E-state index in [1.807, 2.05) is 37.3 Å². The molecule has 3 rings (SSSR count). The summed E-state index contributed by atoms with van der Waals surface area (Å²) in [6, 6.07) is 15.5. The monoisotopic (exact) mass is 364 g/mol. The van der Waals surface area contributed by atoms with E-state index in [9.17, 15) is 4.79 Å². The predicted molar refractivity (Wildman–Crippen MR) is 106 cm³/mol. The lowest BCUT2D eigenvalue weighted by atomic mass is 10.1. The maximum atomic E-state index is 12.1. The molecule has 6 heteroatoms. The highest BCUT2D eigenvalue weighted by atomic mass is 16.5. The average Bonchev–Trinajstić information content (AvgIpc) is 3.20. The van der Waals surface area contributed by atoms with E-state index < -0.39 is 0 Å². The van der Waals surface area contributed by atoms with Crippen LogP contribution in [0.2, 0.25) is 0 Å². The van der Waals surface area contributed by atoms with E-state index >= 15 is 0 Å². The van der Waals surface area contributed by atoms with Crippen molar-refractivity contribution >= 4 is 11.6 Å². The molecule has 0 fully saturated rings. The summed E-state index contributed by atoms with van der Waals surface area (Å²) in [5.41, 5.74) is 3.64. The van der Waals surface area contributed by atoms with Crippen LogP contribution >= 0.6 is 0 Å². The quantitative estimate of drug-likeness (QED) is 0.630. The molecule has 0 atom stereocenters. The standard InChI is InChI=1S/C21H24N4O2/c1-3-12-22-21(26)17-6-5-7-18(13-17)23-14-19-24-20(25-27-19)16-10-8-15(4-2)9-11-16/h5-11,13,23H,3-4,12,14H2,1-2H3,(H,22,26). The Morgan fingerprint density at radius 1 is 1.11 bits per heavy atom. The SMILES string of the molecule is CCCNC(=O)c1cccc(NCc2nc(-c3ccc(CC)cc3)no2)c1. The second-order valence-electron chi connectivity index (χ2n) is 6.25. The third-order valence-corrected chi connectivity index (χ3v) is 4.19. The molecule has 0 aliphatic rings. The summed E-state index contributed by atoms with van der Waals surface area (Å²) in [7, 11) is 0. The van der Waals surface area contributed by atoms with Gasteiger partial charge in [0.15, 0.2) is 0 Å². The molecule has 1 amide bonds. The van der Waals surface area contributed by atoms with Gasteiger partial charge in [0.2, 0.25) is 11.7 Å². The van der Waals surface area contributed by atoms with Gasteiger partial charge in [0.1, 0.15) is 0 Å². The lowest BCUT2D eigenvalue weighted by Gasteiger charge is -2.07. The first kappa shape index (κ1) is 18.6. The molecule has 0 saturated carbocycles. The van der Waals surface area contributed by atoms with Crippen LogP contribution in [-0.4, -0.2) is 22.6 Å². The zero-order valence-electron chi connectivity index (χ0n) is 15.7. The highest BCUT2D eigenvalue weighted by molar-refractivity contribution is 5.95. The van der Waals surface area contributed by atoms with Crippen molar-refractivity contribution < 1.29 is 9.32 Å². The molecular weight excluding hydrogens is 340 g/mol. The lowest BCUT2D eigenvalue weighted by Crippen LogP contribution is -2.23. The summed E-state index contributed by atoms with van der Waals surface area (Å²) in [6.07, 6.45) is 1.90. The molecule has 140 valence electrons. The van der Waals surface area contributed by atoms with Crippen LogP contribution in [0.5, 0.6) is 0 Å². The first-order chi connectivity index (χ1) is 13.2. The van der Waals surface area contributed by atoms with Gasteiger partial charge < -0.3 is 15.2 Å². The normalized spacial score (nSPS) is 10.6. The fourth-order valence-corrected chi connectivity index (χ4v) is 2.62. The van der Waals surface area contributed by atoms with Crippen molar-refractivity contribution in [1.82, 2.24) is 15.5 Å². The minimum Gasteiger partial charge on any atom is -0.376 e. The van der Waals surface area contributed by atoms with Crippen molar-refractivity contribution in [3.8, 4) is 11.4 Å². The van der Waals surface area contributed by atoms with E-state index in [-0.39, 0.29) is 5.91 Å². The maximum absolute atomic E-state index is 12.1. The smallest absolute Gasteiger partial charge is 0.251 e. The third kappa shape index (κ3) is 4.94. The number of benzene rings is 2. The first-order valence-electron chi connectivity index (χ1n) is 9.23. The van der Waals surface area contributed by atoms with Crippen molar-refractivity contribution in [3.63, 3.8) is 0 Å². The zero-order chi connectivity index (χ0) is 19.1. The van der Waals surface area contributed by atoms with Crippen LogP contribution in [0.25, 0.3) is 11.4 Å². The van der Waals surface area contributed by atoms with Crippen LogP contribution in [0.15, 0.2) is 53.1 Å². The molecule has 6 nitrogen and oxygen atoms in total. The number of aromatic nitrogens is 2. The number of hydrogen-bond acceptors (Lipinski definition) is 5. The fourth-order valence-electron chi connectivity index (χ4n) is 2.62. The van der Waals surface area contributed by atoms with Crippen molar-refractivity contribution in [2.75, 3.05) is 11.9 Å². The van der Waals surface area contributed by atoms with E-state index in [1.54, 1.807) is 6.07 Å². The first-order valence-corrected chi connectivity index (χ1v) is 9.23. The molecule has 0 unspecified atom stereocenters. The van der Waals surface area contributed by atoms with Crippen LogP contribution in [0.4, 0.5) is 5.69 Å². The number of rotatable bonds is 8. The Kier molecular flexibility index (Phi) is 6.20. The number of hydrogen-bond donors (Lipinski definition) is 2. The summed E-state index contributed by atoms with van der Waals surface area (Å²) in [5, 5.41) is 10.1. The van der Waals surface area contributed by atoms with Gasteiger partial charge in [-0.2, -0.15) is 4.98 Å². The fraction of sp³-hybridized carbons (Fsp3) is 0.286. The van der Waals surface area contributed by atoms with Gasteiger partial charge in [-0.15, -0.1) is 0 Å². The molecule has 3 aromatic rings. The summed E-state index contributed by atoms with van der Waals surface area (Å²) in [4.78, 5) is 16.5. The number of carbonyl (C=O) groups is 1. The Hall–Kier alpha value is -3.15. The van der Waals surface area contributed by atoms with Gasteiger partial charge in [0.25, 0.3) is 5.91 Å². The molecule has 0 aliphatic carbocycles. The summed E-state index contributed by atoms with van der Waals surface area (Å²) < 4.78 is 5.33. The summed E-state index contributed by atoms with van der Waals surface area (Å²) in [5.74, 6) is 0.989. The average molecular weight is 364 g/mol. The van der Waals surface area contributed by atoms with Crippen LogP contribution < -0.4 is 10.6 Å². The van der Waals surface area contributed by atoms with Crippen LogP contribution in [-0.2, 0) is 13.0 Å². The lowest BCUT2D eigenvalue weighted by molar-refractivity contribution is 0.0953. The van der Waals surface area contributed by atoms with Crippen molar-refractivity contribution in [2.45, 2.75) is 33.2 Å². The number of nitrogens with zero attached hydrogens (tertiary/aromatic N) is 2. The topological polar surface area (TPSA) is 80.0 Å². The second kappa shape index (κ2) is 8.98. The molecule has 1 heterocycles. The molecule has 0 bridgehead atoms. The Morgan fingerprint density at radius 3 is 2.67 bits per heavy atom. The van der Waals surface area contributed by atoms with E-state index in [4.69, 9.17) is 4.52 Å². The Labute approximate surface area is 159 Å². The van der Waals surface area contributed by atoms with E-state index in [0.717, 1.165) is 24.1 Å². The Balaban J connectivity index is 1.62. The van der Waals surface area contributed by atoms with Crippen LogP contribution in [0.1, 0.15) is 42.1 Å². The number of amides is 1. The molecular formula is C21H24N4O2. The molecule has 1 aromatic heterocycles. The number of nitrogens with one attached hydrogen (secondary N) is 2. The maximum Gasteiger partial charge on any atom is 0.251 e. The molecule has 27 heavy (non-hydrogen) atoms.